The van der Waals surface area contributed by atoms with Crippen LogP contribution in [0.25, 0.3) is 0 Å². The zero-order valence-corrected chi connectivity index (χ0v) is 30.1. The molecule has 0 bridgehead atoms. The van der Waals surface area contributed by atoms with E-state index in [0.717, 1.165) is 51.4 Å². The van der Waals surface area contributed by atoms with Crippen LogP contribution in [-0.4, -0.2) is 25.9 Å². The fourth-order valence-electron chi connectivity index (χ4n) is 10.4. The Labute approximate surface area is 277 Å². The van der Waals surface area contributed by atoms with Crippen molar-refractivity contribution in [3.05, 3.63) is 47.6 Å². The van der Waals surface area contributed by atoms with Crippen molar-refractivity contribution < 1.29 is 34.3 Å². The smallest absolute Gasteiger partial charge is 0.362 e. The van der Waals surface area contributed by atoms with Crippen molar-refractivity contribution in [1.29, 1.82) is 0 Å². The molecule has 5 rings (SSSR count). The van der Waals surface area contributed by atoms with Gasteiger partial charge in [-0.1, -0.05) is 71.8 Å². The van der Waals surface area contributed by atoms with Gasteiger partial charge in [-0.05, 0) is 134 Å². The monoisotopic (exact) mass is 678 g/mol. The molecule has 0 heterocycles. The zero-order chi connectivity index (χ0) is 33.9. The molecule has 0 aromatic heterocycles. The Balaban J connectivity index is 1.51. The van der Waals surface area contributed by atoms with Gasteiger partial charge >= 0.3 is 20.8 Å². The third kappa shape index (κ3) is 6.70. The third-order valence-electron chi connectivity index (χ3n) is 13.5. The van der Waals surface area contributed by atoms with Gasteiger partial charge in [0, 0.05) is 5.56 Å². The Morgan fingerprint density at radius 1 is 0.870 bits per heavy atom. The van der Waals surface area contributed by atoms with Crippen LogP contribution in [0.4, 0.5) is 0 Å². The molecule has 3 saturated carbocycles. The van der Waals surface area contributed by atoms with Crippen molar-refractivity contribution in [3.63, 3.8) is 0 Å². The zero-order valence-electron chi connectivity index (χ0n) is 28.5. The summed E-state index contributed by atoms with van der Waals surface area (Å²) in [6, 6.07) is 3.84. The van der Waals surface area contributed by atoms with Gasteiger partial charge in [0.15, 0.2) is 0 Å². The number of hydrogen-bond acceptors (Lipinski definition) is 6. The molecule has 1 aromatic carbocycles. The largest absolute Gasteiger partial charge is 0.446 e. The van der Waals surface area contributed by atoms with Crippen molar-refractivity contribution in [2.24, 2.45) is 45.3 Å². The summed E-state index contributed by atoms with van der Waals surface area (Å²) in [7, 11) is -9.65. The molecule has 0 radical (unpaired) electrons. The lowest BCUT2D eigenvalue weighted by molar-refractivity contribution is -0.0731. The lowest BCUT2D eigenvalue weighted by Crippen LogP contribution is -2.53. The number of rotatable bonds is 9. The van der Waals surface area contributed by atoms with Gasteiger partial charge in [-0.15, -0.1) is 0 Å². The minimum absolute atomic E-state index is 0.0691. The summed E-state index contributed by atoms with van der Waals surface area (Å²) < 4.78 is 75.3. The molecule has 258 valence electrons. The van der Waals surface area contributed by atoms with Crippen LogP contribution in [-0.2, 0) is 27.2 Å². The van der Waals surface area contributed by atoms with Gasteiger partial charge in [-0.2, -0.15) is 16.8 Å². The third-order valence-corrected chi connectivity index (χ3v) is 14.3. The summed E-state index contributed by atoms with van der Waals surface area (Å²) >= 11 is 0. The molecule has 46 heavy (non-hydrogen) atoms. The Kier molecular flexibility index (Phi) is 9.41. The standard InChI is InChI=1S/C36H54O8S2/c1-24-13-15-29-30(11-9-18-33(29,4)5)34(24,6)20-21-36-19-17-25(2)35(7,32(36)12-8-10-26(36)3)23-27-22-28(43-45(37,38)39)14-16-31(27)44-46(40,41)42/h14-16,22,24-25,30,32H,3,8-13,17-21,23H2,1-2,4-7H3,(H,37,38,39)(H,40,41,42)/t24-,25-,30+,32+,34+,35-,36-/m0/s1. The molecule has 3 fully saturated rings. The maximum atomic E-state index is 11.8. The number of fused-ring (bicyclic) bond motifs is 2. The highest BCUT2D eigenvalue weighted by molar-refractivity contribution is 7.81. The lowest BCUT2D eigenvalue weighted by atomic mass is 9.43. The number of hydrogen-bond donors (Lipinski definition) is 2. The van der Waals surface area contributed by atoms with E-state index >= 15 is 0 Å². The summed E-state index contributed by atoms with van der Waals surface area (Å²) in [5.74, 6) is 1.44. The van der Waals surface area contributed by atoms with Crippen molar-refractivity contribution in [2.75, 3.05) is 0 Å². The average Bonchev–Trinajstić information content (AvgIpc) is 2.93. The molecular formula is C36H54O8S2. The molecule has 0 amide bonds. The normalized spacial score (nSPS) is 36.3. The Morgan fingerprint density at radius 2 is 1.57 bits per heavy atom. The molecule has 2 N–H and O–H groups in total. The van der Waals surface area contributed by atoms with Gasteiger partial charge in [0.05, 0.1) is 0 Å². The lowest BCUT2D eigenvalue weighted by Gasteiger charge is -2.61. The van der Waals surface area contributed by atoms with E-state index in [0.29, 0.717) is 23.8 Å². The van der Waals surface area contributed by atoms with Crippen LogP contribution in [0.1, 0.15) is 118 Å². The van der Waals surface area contributed by atoms with E-state index in [-0.39, 0.29) is 45.0 Å². The fourth-order valence-corrected chi connectivity index (χ4v) is 11.2. The molecule has 4 aliphatic rings. The van der Waals surface area contributed by atoms with Gasteiger partial charge in [-0.25, -0.2) is 0 Å². The van der Waals surface area contributed by atoms with E-state index in [4.69, 9.17) is 14.9 Å². The summed E-state index contributed by atoms with van der Waals surface area (Å²) in [5, 5.41) is 0. The predicted octanol–water partition coefficient (Wildman–Crippen LogP) is 8.95. The summed E-state index contributed by atoms with van der Waals surface area (Å²) in [6.07, 6.45) is 15.1. The molecule has 0 aliphatic heterocycles. The van der Waals surface area contributed by atoms with Crippen LogP contribution in [0.5, 0.6) is 11.5 Å². The molecule has 1 aromatic rings. The molecular weight excluding hydrogens is 625 g/mol. The van der Waals surface area contributed by atoms with Crippen LogP contribution >= 0.6 is 0 Å². The van der Waals surface area contributed by atoms with Crippen LogP contribution in [0.2, 0.25) is 0 Å². The van der Waals surface area contributed by atoms with Gasteiger partial charge in [0.2, 0.25) is 0 Å². The molecule has 7 atom stereocenters. The summed E-state index contributed by atoms with van der Waals surface area (Å²) in [4.78, 5) is 0. The fraction of sp³-hybridized carbons (Fsp3) is 0.722. The topological polar surface area (TPSA) is 127 Å². The average molecular weight is 679 g/mol. The predicted molar refractivity (Wildman–Crippen MR) is 180 cm³/mol. The Hall–Kier alpha value is -1.88. The van der Waals surface area contributed by atoms with Gasteiger partial charge in [-0.3, -0.25) is 9.11 Å². The number of benzene rings is 1. The highest BCUT2D eigenvalue weighted by Gasteiger charge is 2.57. The second kappa shape index (κ2) is 12.2. The second-order valence-corrected chi connectivity index (χ2v) is 18.3. The van der Waals surface area contributed by atoms with E-state index in [1.807, 2.05) is 0 Å². The molecule has 4 aliphatic carbocycles. The highest BCUT2D eigenvalue weighted by Crippen LogP contribution is 2.66. The summed E-state index contributed by atoms with van der Waals surface area (Å²) in [5.41, 5.74) is 3.42. The molecule has 0 spiro atoms. The summed E-state index contributed by atoms with van der Waals surface area (Å²) in [6.45, 7) is 19.1. The highest BCUT2D eigenvalue weighted by atomic mass is 32.3. The van der Waals surface area contributed by atoms with Crippen molar-refractivity contribution in [1.82, 2.24) is 0 Å². The maximum absolute atomic E-state index is 11.8. The first-order valence-electron chi connectivity index (χ1n) is 17.1. The molecule has 8 nitrogen and oxygen atoms in total. The van der Waals surface area contributed by atoms with Crippen LogP contribution in [0.15, 0.2) is 42.0 Å². The SMILES string of the molecule is C=C1CCC[C@H]2[C@]1(CC[C@@]1(C)[C@@H]3CCCC(C)(C)C3=CC[C@@H]1C)CC[C@H](C)[C@]2(C)Cc1cc(OS(=O)(=O)O)ccc1OS(=O)(=O)O. The van der Waals surface area contributed by atoms with Crippen LogP contribution in [0, 0.1) is 45.3 Å². The van der Waals surface area contributed by atoms with E-state index in [1.54, 1.807) is 5.57 Å². The first-order chi connectivity index (χ1) is 21.2. The van der Waals surface area contributed by atoms with Crippen molar-refractivity contribution >= 4 is 20.8 Å². The van der Waals surface area contributed by atoms with Crippen LogP contribution in [0.3, 0.4) is 0 Å². The van der Waals surface area contributed by atoms with Gasteiger partial charge < -0.3 is 8.37 Å². The van der Waals surface area contributed by atoms with E-state index in [2.05, 4.69) is 47.6 Å². The molecule has 0 unspecified atom stereocenters. The minimum Gasteiger partial charge on any atom is -0.362 e. The molecule has 0 saturated heterocycles. The second-order valence-electron chi connectivity index (χ2n) is 16.2. The number of allylic oxidation sites excluding steroid dienone is 3. The first-order valence-corrected chi connectivity index (χ1v) is 19.8. The van der Waals surface area contributed by atoms with Gasteiger partial charge in [0.25, 0.3) is 0 Å². The van der Waals surface area contributed by atoms with Crippen molar-refractivity contribution in [2.45, 2.75) is 119 Å². The Morgan fingerprint density at radius 3 is 2.24 bits per heavy atom. The Bertz CT molecular complexity index is 1590. The van der Waals surface area contributed by atoms with E-state index in [9.17, 15) is 25.9 Å². The first kappa shape index (κ1) is 35.4. The van der Waals surface area contributed by atoms with E-state index in [1.165, 1.54) is 43.0 Å². The van der Waals surface area contributed by atoms with Crippen LogP contribution < -0.4 is 8.37 Å². The maximum Gasteiger partial charge on any atom is 0.446 e. The van der Waals surface area contributed by atoms with E-state index < -0.39 is 20.8 Å². The minimum atomic E-state index is -4.84. The van der Waals surface area contributed by atoms with Crippen molar-refractivity contribution in [3.8, 4) is 11.5 Å². The molecule has 10 heteroatoms. The quantitative estimate of drug-likeness (QED) is 0.196. The van der Waals surface area contributed by atoms with Gasteiger partial charge in [0.1, 0.15) is 11.5 Å².